The number of carbonyl (C=O) groups is 1. The second-order valence-corrected chi connectivity index (χ2v) is 5.50. The van der Waals surface area contributed by atoms with Crippen LogP contribution in [0.2, 0.25) is 5.02 Å². The fourth-order valence-electron chi connectivity index (χ4n) is 1.40. The lowest BCUT2D eigenvalue weighted by molar-refractivity contribution is -0.158. The van der Waals surface area contributed by atoms with Crippen molar-refractivity contribution < 1.29 is 19.4 Å². The van der Waals surface area contributed by atoms with E-state index in [0.717, 1.165) is 3.57 Å². The molecule has 0 aliphatic rings. The van der Waals surface area contributed by atoms with Crippen molar-refractivity contribution >= 4 is 40.2 Å². The lowest BCUT2D eigenvalue weighted by Gasteiger charge is -2.16. The highest BCUT2D eigenvalue weighted by molar-refractivity contribution is 14.1. The predicted molar refractivity (Wildman–Crippen MR) is 83.3 cm³/mol. The summed E-state index contributed by atoms with van der Waals surface area (Å²) in [6, 6.07) is 13.4. The Morgan fingerprint density at radius 3 is 1.90 bits per heavy atom. The molecule has 1 N–H and O–H groups in total. The molecule has 20 heavy (non-hydrogen) atoms. The van der Waals surface area contributed by atoms with Gasteiger partial charge in [0.25, 0.3) is 0 Å². The quantitative estimate of drug-likeness (QED) is 0.608. The Kier molecular flexibility index (Phi) is 5.08. The molecule has 104 valence electrons. The van der Waals surface area contributed by atoms with Crippen LogP contribution >= 0.6 is 34.2 Å². The first-order valence-electron chi connectivity index (χ1n) is 5.62. The van der Waals surface area contributed by atoms with Gasteiger partial charge < -0.3 is 14.6 Å². The van der Waals surface area contributed by atoms with E-state index in [0.29, 0.717) is 16.5 Å². The molecule has 0 bridgehead atoms. The van der Waals surface area contributed by atoms with Gasteiger partial charge in [0.15, 0.2) is 0 Å². The van der Waals surface area contributed by atoms with E-state index in [2.05, 4.69) is 22.6 Å². The summed E-state index contributed by atoms with van der Waals surface area (Å²) in [7, 11) is 0. The third-order valence-electron chi connectivity index (χ3n) is 2.32. The molecule has 0 aliphatic heterocycles. The van der Waals surface area contributed by atoms with Crippen LogP contribution in [0.25, 0.3) is 0 Å². The van der Waals surface area contributed by atoms with Crippen LogP contribution in [0.4, 0.5) is 0 Å². The number of carboxylic acids is 1. The van der Waals surface area contributed by atoms with Crippen LogP contribution in [0, 0.1) is 3.57 Å². The number of hydrogen-bond acceptors (Lipinski definition) is 3. The summed E-state index contributed by atoms with van der Waals surface area (Å²) in [6.07, 6.45) is -1.42. The van der Waals surface area contributed by atoms with Gasteiger partial charge in [-0.25, -0.2) is 4.79 Å². The highest BCUT2D eigenvalue weighted by Gasteiger charge is 2.21. The summed E-state index contributed by atoms with van der Waals surface area (Å²) >= 11 is 7.90. The van der Waals surface area contributed by atoms with Gasteiger partial charge in [0, 0.05) is 8.59 Å². The number of aliphatic carboxylic acids is 1. The minimum atomic E-state index is -1.42. The highest BCUT2D eigenvalue weighted by Crippen LogP contribution is 2.19. The maximum absolute atomic E-state index is 11.2. The van der Waals surface area contributed by atoms with Gasteiger partial charge in [-0.3, -0.25) is 0 Å². The Balaban J connectivity index is 2.09. The second-order valence-electron chi connectivity index (χ2n) is 3.81. The zero-order valence-electron chi connectivity index (χ0n) is 10.1. The zero-order valence-corrected chi connectivity index (χ0v) is 13.0. The first kappa shape index (κ1) is 14.9. The third-order valence-corrected chi connectivity index (χ3v) is 3.29. The predicted octanol–water partition coefficient (Wildman–Crippen LogP) is 3.81. The van der Waals surface area contributed by atoms with E-state index in [9.17, 15) is 4.79 Å². The van der Waals surface area contributed by atoms with Crippen molar-refractivity contribution in [2.45, 2.75) is 6.29 Å². The first-order chi connectivity index (χ1) is 9.54. The van der Waals surface area contributed by atoms with E-state index in [1.165, 1.54) is 0 Å². The SMILES string of the molecule is O=C(O)C(Oc1ccc(Cl)cc1)Oc1ccc(I)cc1. The molecule has 0 heterocycles. The van der Waals surface area contributed by atoms with Crippen LogP contribution in [-0.2, 0) is 4.79 Å². The van der Waals surface area contributed by atoms with Gasteiger partial charge >= 0.3 is 12.3 Å². The molecule has 1 atom stereocenters. The topological polar surface area (TPSA) is 55.8 Å². The van der Waals surface area contributed by atoms with E-state index in [-0.39, 0.29) is 0 Å². The fourth-order valence-corrected chi connectivity index (χ4v) is 1.88. The van der Waals surface area contributed by atoms with Gasteiger partial charge in [-0.05, 0) is 71.1 Å². The molecule has 2 aromatic rings. The molecule has 0 amide bonds. The van der Waals surface area contributed by atoms with E-state index < -0.39 is 12.3 Å². The number of ether oxygens (including phenoxy) is 2. The van der Waals surface area contributed by atoms with E-state index in [1.54, 1.807) is 36.4 Å². The Labute approximate surface area is 134 Å². The largest absolute Gasteiger partial charge is 0.476 e. The summed E-state index contributed by atoms with van der Waals surface area (Å²) < 4.78 is 11.6. The molecule has 2 aromatic carbocycles. The van der Waals surface area contributed by atoms with Crippen LogP contribution < -0.4 is 9.47 Å². The van der Waals surface area contributed by atoms with Crippen LogP contribution in [0.15, 0.2) is 48.5 Å². The van der Waals surface area contributed by atoms with E-state index >= 15 is 0 Å². The maximum Gasteiger partial charge on any atom is 0.387 e. The van der Waals surface area contributed by atoms with E-state index in [1.807, 2.05) is 12.1 Å². The van der Waals surface area contributed by atoms with Crippen molar-refractivity contribution in [2.75, 3.05) is 0 Å². The summed E-state index contributed by atoms with van der Waals surface area (Å²) in [6.45, 7) is 0. The molecule has 1 unspecified atom stereocenters. The zero-order chi connectivity index (χ0) is 14.5. The van der Waals surface area contributed by atoms with E-state index in [4.69, 9.17) is 26.2 Å². The van der Waals surface area contributed by atoms with Gasteiger partial charge in [0.2, 0.25) is 0 Å². The molecule has 0 aliphatic carbocycles. The number of hydrogen-bond donors (Lipinski definition) is 1. The van der Waals surface area contributed by atoms with Gasteiger partial charge in [-0.1, -0.05) is 11.6 Å². The number of halogens is 2. The molecule has 4 nitrogen and oxygen atoms in total. The Hall–Kier alpha value is -1.47. The Bertz CT molecular complexity index is 536. The standard InChI is InChI=1S/C14H10ClIO4/c15-9-1-5-11(6-2-9)19-14(13(17)18)20-12-7-3-10(16)4-8-12/h1-8,14H,(H,17,18). The number of rotatable bonds is 5. The minimum Gasteiger partial charge on any atom is -0.476 e. The average molecular weight is 405 g/mol. The third kappa shape index (κ3) is 4.28. The van der Waals surface area contributed by atoms with Crippen LogP contribution in [-0.4, -0.2) is 17.4 Å². The van der Waals surface area contributed by atoms with Crippen molar-refractivity contribution in [1.82, 2.24) is 0 Å². The molecule has 0 radical (unpaired) electrons. The maximum atomic E-state index is 11.2. The van der Waals surface area contributed by atoms with Gasteiger partial charge in [-0.2, -0.15) is 0 Å². The second kappa shape index (κ2) is 6.81. The Morgan fingerprint density at radius 2 is 1.45 bits per heavy atom. The first-order valence-corrected chi connectivity index (χ1v) is 7.07. The Morgan fingerprint density at radius 1 is 1.00 bits per heavy atom. The van der Waals surface area contributed by atoms with Crippen molar-refractivity contribution in [3.8, 4) is 11.5 Å². The molecule has 6 heteroatoms. The van der Waals surface area contributed by atoms with Crippen LogP contribution in [0.5, 0.6) is 11.5 Å². The van der Waals surface area contributed by atoms with Gasteiger partial charge in [0.1, 0.15) is 11.5 Å². The number of benzene rings is 2. The minimum absolute atomic E-state index is 0.368. The van der Waals surface area contributed by atoms with Crippen LogP contribution in [0.1, 0.15) is 0 Å². The lowest BCUT2D eigenvalue weighted by atomic mass is 10.3. The van der Waals surface area contributed by atoms with Crippen molar-refractivity contribution in [2.24, 2.45) is 0 Å². The molecule has 0 aromatic heterocycles. The fraction of sp³-hybridized carbons (Fsp3) is 0.0714. The molecule has 0 fully saturated rings. The average Bonchev–Trinajstić information content (AvgIpc) is 2.42. The molecule has 0 saturated carbocycles. The smallest absolute Gasteiger partial charge is 0.387 e. The normalized spacial score (nSPS) is 11.7. The molecule has 2 rings (SSSR count). The summed E-state index contributed by atoms with van der Waals surface area (Å²) in [5, 5.41) is 9.67. The van der Waals surface area contributed by atoms with Gasteiger partial charge in [-0.15, -0.1) is 0 Å². The van der Waals surface area contributed by atoms with Crippen LogP contribution in [0.3, 0.4) is 0 Å². The summed E-state index contributed by atoms with van der Waals surface area (Å²) in [5.41, 5.74) is 0. The van der Waals surface area contributed by atoms with Crippen molar-refractivity contribution in [3.05, 3.63) is 57.1 Å². The van der Waals surface area contributed by atoms with Crippen molar-refractivity contribution in [1.29, 1.82) is 0 Å². The van der Waals surface area contributed by atoms with Crippen molar-refractivity contribution in [3.63, 3.8) is 0 Å². The lowest BCUT2D eigenvalue weighted by Crippen LogP contribution is -2.33. The summed E-state index contributed by atoms with van der Waals surface area (Å²) in [5.74, 6) is -0.419. The molecule has 0 saturated heterocycles. The number of carboxylic acid groups (broad SMARTS) is 1. The summed E-state index contributed by atoms with van der Waals surface area (Å²) in [4.78, 5) is 11.2. The van der Waals surface area contributed by atoms with Gasteiger partial charge in [0.05, 0.1) is 0 Å². The molecular weight excluding hydrogens is 395 g/mol. The molecular formula is C14H10ClIO4. The highest BCUT2D eigenvalue weighted by atomic mass is 127. The molecule has 0 spiro atoms. The monoisotopic (exact) mass is 404 g/mol.